The van der Waals surface area contributed by atoms with Gasteiger partial charge in [-0.3, -0.25) is 9.20 Å². The Morgan fingerprint density at radius 1 is 1.55 bits per heavy atom. The van der Waals surface area contributed by atoms with Crippen molar-refractivity contribution in [3.63, 3.8) is 0 Å². The van der Waals surface area contributed by atoms with Crippen molar-refractivity contribution in [1.29, 1.82) is 0 Å². The molecular weight excluding hydrogens is 280 g/mol. The summed E-state index contributed by atoms with van der Waals surface area (Å²) in [7, 11) is 1.65. The molecule has 0 aromatic carbocycles. The summed E-state index contributed by atoms with van der Waals surface area (Å²) in [6.45, 7) is 3.80. The number of nitrogens with zero attached hydrogens (tertiary/aromatic N) is 3. The largest absolute Gasteiger partial charge is 0.476 e. The number of nitrogens with one attached hydrogen (secondary N) is 1. The van der Waals surface area contributed by atoms with E-state index in [2.05, 4.69) is 10.3 Å². The molecule has 0 bridgehead atoms. The van der Waals surface area contributed by atoms with Crippen LogP contribution in [-0.4, -0.2) is 46.0 Å². The molecule has 0 saturated carbocycles. The lowest BCUT2D eigenvalue weighted by Crippen LogP contribution is -2.39. The number of fused-ring (bicyclic) bond motifs is 1. The van der Waals surface area contributed by atoms with Crippen LogP contribution in [0.1, 0.15) is 24.3 Å². The molecule has 2 aromatic rings. The van der Waals surface area contributed by atoms with Crippen LogP contribution in [0.2, 0.25) is 0 Å². The second kappa shape index (κ2) is 5.49. The lowest BCUT2D eigenvalue weighted by atomic mass is 10.3. The van der Waals surface area contributed by atoms with Crippen molar-refractivity contribution in [2.45, 2.75) is 19.9 Å². The fourth-order valence-corrected chi connectivity index (χ4v) is 2.61. The summed E-state index contributed by atoms with van der Waals surface area (Å²) in [4.78, 5) is 29.5. The summed E-state index contributed by atoms with van der Waals surface area (Å²) in [5.41, 5.74) is 0.0705. The van der Waals surface area contributed by atoms with Gasteiger partial charge in [-0.2, -0.15) is 0 Å². The average molecular weight is 296 g/mol. The molecule has 7 nitrogen and oxygen atoms in total. The van der Waals surface area contributed by atoms with E-state index in [9.17, 15) is 14.7 Å². The van der Waals surface area contributed by atoms with Crippen LogP contribution >= 0.6 is 11.3 Å². The summed E-state index contributed by atoms with van der Waals surface area (Å²) >= 11 is 1.35. The average Bonchev–Trinajstić information content (AvgIpc) is 2.84. The number of thiazole rings is 1. The highest BCUT2D eigenvalue weighted by atomic mass is 32.1. The maximum Gasteiger partial charge on any atom is 0.356 e. The molecule has 0 atom stereocenters. The van der Waals surface area contributed by atoms with Gasteiger partial charge < -0.3 is 15.3 Å². The molecule has 0 saturated heterocycles. The van der Waals surface area contributed by atoms with Crippen molar-refractivity contribution < 1.29 is 14.7 Å². The van der Waals surface area contributed by atoms with Gasteiger partial charge in [-0.15, -0.1) is 11.3 Å². The first-order valence-electron chi connectivity index (χ1n) is 6.09. The van der Waals surface area contributed by atoms with Crippen molar-refractivity contribution in [2.75, 3.05) is 18.5 Å². The van der Waals surface area contributed by atoms with Crippen LogP contribution < -0.4 is 10.2 Å². The van der Waals surface area contributed by atoms with E-state index in [1.807, 2.05) is 13.8 Å². The number of rotatable bonds is 5. The topological polar surface area (TPSA) is 86.9 Å². The van der Waals surface area contributed by atoms with E-state index in [0.29, 0.717) is 10.8 Å². The van der Waals surface area contributed by atoms with E-state index in [1.165, 1.54) is 15.7 Å². The SMILES string of the molecule is CC(C)NC(=O)CN(C)c1nc2sccn2c1C(=O)O. The lowest BCUT2D eigenvalue weighted by molar-refractivity contribution is -0.120. The van der Waals surface area contributed by atoms with Crippen molar-refractivity contribution in [3.8, 4) is 0 Å². The van der Waals surface area contributed by atoms with Gasteiger partial charge in [-0.05, 0) is 13.8 Å². The highest BCUT2D eigenvalue weighted by Gasteiger charge is 2.23. The Labute approximate surface area is 119 Å². The summed E-state index contributed by atoms with van der Waals surface area (Å²) in [5, 5.41) is 13.8. The molecule has 2 N–H and O–H groups in total. The normalized spacial score (nSPS) is 11.0. The third kappa shape index (κ3) is 2.74. The van der Waals surface area contributed by atoms with Gasteiger partial charge in [0.1, 0.15) is 0 Å². The third-order valence-electron chi connectivity index (χ3n) is 2.64. The number of imidazole rings is 1. The maximum atomic E-state index is 11.7. The maximum absolute atomic E-state index is 11.7. The van der Waals surface area contributed by atoms with Crippen LogP contribution in [0, 0.1) is 0 Å². The predicted octanol–water partition coefficient (Wildman–Crippen LogP) is 1.05. The minimum atomic E-state index is -1.07. The zero-order valence-electron chi connectivity index (χ0n) is 11.5. The number of aromatic nitrogens is 2. The Balaban J connectivity index is 2.27. The predicted molar refractivity (Wildman–Crippen MR) is 76.6 cm³/mol. The fourth-order valence-electron chi connectivity index (χ4n) is 1.90. The van der Waals surface area contributed by atoms with Crippen molar-refractivity contribution in [1.82, 2.24) is 14.7 Å². The van der Waals surface area contributed by atoms with Gasteiger partial charge >= 0.3 is 5.97 Å². The summed E-state index contributed by atoms with van der Waals surface area (Å²) in [5.74, 6) is -0.944. The molecule has 0 aliphatic rings. The van der Waals surface area contributed by atoms with E-state index in [1.54, 1.807) is 23.5 Å². The van der Waals surface area contributed by atoms with E-state index in [4.69, 9.17) is 0 Å². The van der Waals surface area contributed by atoms with Crippen LogP contribution in [0.3, 0.4) is 0 Å². The Bertz CT molecular complexity index is 646. The van der Waals surface area contributed by atoms with Gasteiger partial charge in [0.05, 0.1) is 6.54 Å². The van der Waals surface area contributed by atoms with Crippen molar-refractivity contribution in [2.24, 2.45) is 0 Å². The molecule has 2 aromatic heterocycles. The Kier molecular flexibility index (Phi) is 3.93. The van der Waals surface area contributed by atoms with Crippen LogP contribution in [0.4, 0.5) is 5.82 Å². The van der Waals surface area contributed by atoms with Gasteiger partial charge in [0.25, 0.3) is 0 Å². The van der Waals surface area contributed by atoms with E-state index in [-0.39, 0.29) is 24.2 Å². The molecule has 8 heteroatoms. The zero-order chi connectivity index (χ0) is 14.9. The molecule has 20 heavy (non-hydrogen) atoms. The Morgan fingerprint density at radius 2 is 2.25 bits per heavy atom. The Morgan fingerprint density at radius 3 is 2.85 bits per heavy atom. The second-order valence-corrected chi connectivity index (χ2v) is 5.60. The first-order valence-corrected chi connectivity index (χ1v) is 6.97. The number of amides is 1. The van der Waals surface area contributed by atoms with Gasteiger partial charge in [-0.1, -0.05) is 0 Å². The van der Waals surface area contributed by atoms with E-state index >= 15 is 0 Å². The molecule has 2 heterocycles. The van der Waals surface area contributed by atoms with Crippen molar-refractivity contribution in [3.05, 3.63) is 17.3 Å². The van der Waals surface area contributed by atoms with Crippen LogP contribution in [-0.2, 0) is 4.79 Å². The second-order valence-electron chi connectivity index (χ2n) is 4.72. The fraction of sp³-hybridized carbons (Fsp3) is 0.417. The number of carbonyl (C=O) groups is 2. The minimum absolute atomic E-state index is 0.0420. The highest BCUT2D eigenvalue weighted by Crippen LogP contribution is 2.23. The number of aromatic carboxylic acids is 1. The van der Waals surface area contributed by atoms with E-state index < -0.39 is 5.97 Å². The van der Waals surface area contributed by atoms with Crippen LogP contribution in [0.25, 0.3) is 4.96 Å². The summed E-state index contributed by atoms with van der Waals surface area (Å²) in [6.07, 6.45) is 1.65. The first kappa shape index (κ1) is 14.3. The molecule has 108 valence electrons. The van der Waals surface area contributed by atoms with Gasteiger partial charge in [-0.25, -0.2) is 9.78 Å². The summed E-state index contributed by atoms with van der Waals surface area (Å²) < 4.78 is 1.51. The highest BCUT2D eigenvalue weighted by molar-refractivity contribution is 7.15. The quantitative estimate of drug-likeness (QED) is 0.861. The number of likely N-dealkylation sites (N-methyl/N-ethyl adjacent to an activating group) is 1. The molecule has 0 fully saturated rings. The van der Waals surface area contributed by atoms with Gasteiger partial charge in [0.2, 0.25) is 5.91 Å². The number of anilines is 1. The molecule has 0 spiro atoms. The summed E-state index contributed by atoms with van der Waals surface area (Å²) in [6, 6.07) is 0.0420. The zero-order valence-corrected chi connectivity index (χ0v) is 12.3. The molecule has 0 aliphatic carbocycles. The Hall–Kier alpha value is -2.09. The number of carbonyl (C=O) groups excluding carboxylic acids is 1. The molecule has 0 unspecified atom stereocenters. The number of carboxylic acids is 1. The molecule has 2 rings (SSSR count). The lowest BCUT2D eigenvalue weighted by Gasteiger charge is -2.17. The minimum Gasteiger partial charge on any atom is -0.476 e. The number of hydrogen-bond acceptors (Lipinski definition) is 5. The smallest absolute Gasteiger partial charge is 0.356 e. The molecule has 1 amide bonds. The van der Waals surface area contributed by atoms with Crippen LogP contribution in [0.15, 0.2) is 11.6 Å². The molecular formula is C12H16N4O3S. The molecule has 0 aliphatic heterocycles. The van der Waals surface area contributed by atoms with E-state index in [0.717, 1.165) is 0 Å². The monoisotopic (exact) mass is 296 g/mol. The number of carboxylic acid groups (broad SMARTS) is 1. The van der Waals surface area contributed by atoms with Crippen LogP contribution in [0.5, 0.6) is 0 Å². The third-order valence-corrected chi connectivity index (χ3v) is 3.39. The van der Waals surface area contributed by atoms with Gasteiger partial charge in [0, 0.05) is 24.7 Å². The van der Waals surface area contributed by atoms with Crippen molar-refractivity contribution >= 4 is 34.0 Å². The number of hydrogen-bond donors (Lipinski definition) is 2. The molecule has 0 radical (unpaired) electrons. The van der Waals surface area contributed by atoms with Gasteiger partial charge in [0.15, 0.2) is 16.5 Å². The standard InChI is InChI=1S/C12H16N4O3S/c1-7(2)13-8(17)6-15(3)10-9(11(18)19)16-4-5-20-12(16)14-10/h4-5,7H,6H2,1-3H3,(H,13,17)(H,18,19). The first-order chi connectivity index (χ1) is 9.40.